The average Bonchev–Trinajstić information content (AvgIpc) is 3.04. The van der Waals surface area contributed by atoms with Gasteiger partial charge in [-0.25, -0.2) is 9.69 Å². The van der Waals surface area contributed by atoms with Gasteiger partial charge in [0.2, 0.25) is 5.91 Å². The zero-order valence-corrected chi connectivity index (χ0v) is 14.3. The second-order valence-corrected chi connectivity index (χ2v) is 6.15. The Bertz CT molecular complexity index is 742. The van der Waals surface area contributed by atoms with Crippen LogP contribution in [-0.4, -0.2) is 30.6 Å². The molecular formula is C20H21NO4. The number of cyclic esters (lactones) is 1. The molecule has 0 saturated carbocycles. The predicted octanol–water partition coefficient (Wildman–Crippen LogP) is 3.91. The lowest BCUT2D eigenvalue weighted by Crippen LogP contribution is -2.34. The lowest BCUT2D eigenvalue weighted by atomic mass is 9.96. The topological polar surface area (TPSA) is 55.8 Å². The molecular weight excluding hydrogens is 318 g/mol. The van der Waals surface area contributed by atoms with Crippen molar-refractivity contribution in [2.45, 2.75) is 25.3 Å². The summed E-state index contributed by atoms with van der Waals surface area (Å²) >= 11 is 0. The zero-order valence-electron chi connectivity index (χ0n) is 14.3. The van der Waals surface area contributed by atoms with Crippen molar-refractivity contribution in [3.63, 3.8) is 0 Å². The monoisotopic (exact) mass is 339 g/mol. The van der Waals surface area contributed by atoms with E-state index in [0.29, 0.717) is 0 Å². The van der Waals surface area contributed by atoms with Gasteiger partial charge in [-0.3, -0.25) is 4.79 Å². The molecule has 130 valence electrons. The maximum Gasteiger partial charge on any atom is 0.417 e. The molecule has 0 radical (unpaired) electrons. The highest BCUT2D eigenvalue weighted by Gasteiger charge is 2.39. The van der Waals surface area contributed by atoms with Gasteiger partial charge in [0.1, 0.15) is 18.4 Å². The summed E-state index contributed by atoms with van der Waals surface area (Å²) in [5.41, 5.74) is 1.93. The highest BCUT2D eigenvalue weighted by atomic mass is 16.6. The van der Waals surface area contributed by atoms with Crippen LogP contribution in [-0.2, 0) is 9.53 Å². The normalized spacial score (nSPS) is 17.9. The lowest BCUT2D eigenvalue weighted by molar-refractivity contribution is -0.129. The third-order valence-corrected chi connectivity index (χ3v) is 4.49. The molecule has 1 heterocycles. The van der Waals surface area contributed by atoms with Gasteiger partial charge in [0.25, 0.3) is 0 Å². The Balaban J connectivity index is 1.73. The van der Waals surface area contributed by atoms with Crippen LogP contribution < -0.4 is 4.74 Å². The molecule has 3 rings (SSSR count). The van der Waals surface area contributed by atoms with E-state index in [-0.39, 0.29) is 30.9 Å². The minimum Gasteiger partial charge on any atom is -0.497 e. The molecule has 25 heavy (non-hydrogen) atoms. The number of ether oxygens (including phenoxy) is 2. The molecule has 2 atom stereocenters. The van der Waals surface area contributed by atoms with Crippen LogP contribution in [0.3, 0.4) is 0 Å². The first-order valence-corrected chi connectivity index (χ1v) is 8.28. The van der Waals surface area contributed by atoms with Gasteiger partial charge in [-0.05, 0) is 29.2 Å². The maximum atomic E-state index is 12.7. The summed E-state index contributed by atoms with van der Waals surface area (Å²) in [4.78, 5) is 26.1. The van der Waals surface area contributed by atoms with Gasteiger partial charge in [-0.15, -0.1) is 0 Å². The molecule has 5 heteroatoms. The van der Waals surface area contributed by atoms with Crippen LogP contribution in [0.25, 0.3) is 0 Å². The molecule has 2 aromatic carbocycles. The minimum absolute atomic E-state index is 0.0109. The standard InChI is InChI=1S/C20H21NO4/c1-14(15-8-10-17(24-2)11-9-15)12-19(22)21-18(13-25-20(21)23)16-6-4-3-5-7-16/h3-11,14,18H,12-13H2,1-2H3/t14-,18+/m0/s1. The number of hydrogen-bond acceptors (Lipinski definition) is 4. The number of carbonyl (C=O) groups excluding carboxylic acids is 2. The van der Waals surface area contributed by atoms with Crippen molar-refractivity contribution < 1.29 is 19.1 Å². The molecule has 1 aliphatic heterocycles. The number of nitrogens with zero attached hydrogens (tertiary/aromatic N) is 1. The van der Waals surface area contributed by atoms with Gasteiger partial charge in [0.15, 0.2) is 0 Å². The van der Waals surface area contributed by atoms with Crippen LogP contribution in [0.2, 0.25) is 0 Å². The van der Waals surface area contributed by atoms with Crippen LogP contribution in [0.5, 0.6) is 5.75 Å². The van der Waals surface area contributed by atoms with E-state index in [2.05, 4.69) is 0 Å². The van der Waals surface area contributed by atoms with Crippen molar-refractivity contribution in [2.24, 2.45) is 0 Å². The van der Waals surface area contributed by atoms with Gasteiger partial charge in [-0.2, -0.15) is 0 Å². The molecule has 0 bridgehead atoms. The van der Waals surface area contributed by atoms with E-state index in [0.717, 1.165) is 16.9 Å². The fourth-order valence-corrected chi connectivity index (χ4v) is 3.03. The highest BCUT2D eigenvalue weighted by molar-refractivity contribution is 5.94. The van der Waals surface area contributed by atoms with Gasteiger partial charge in [-0.1, -0.05) is 49.4 Å². The fraction of sp³-hybridized carbons (Fsp3) is 0.300. The third-order valence-electron chi connectivity index (χ3n) is 4.49. The number of benzene rings is 2. The van der Waals surface area contributed by atoms with E-state index in [9.17, 15) is 9.59 Å². The van der Waals surface area contributed by atoms with Crippen molar-refractivity contribution in [1.82, 2.24) is 4.90 Å². The lowest BCUT2D eigenvalue weighted by Gasteiger charge is -2.22. The van der Waals surface area contributed by atoms with Crippen molar-refractivity contribution in [2.75, 3.05) is 13.7 Å². The first-order chi connectivity index (χ1) is 12.1. The Morgan fingerprint density at radius 1 is 1.20 bits per heavy atom. The van der Waals surface area contributed by atoms with Crippen LogP contribution in [0.1, 0.15) is 36.4 Å². The number of hydrogen-bond donors (Lipinski definition) is 0. The quantitative estimate of drug-likeness (QED) is 0.829. The summed E-state index contributed by atoms with van der Waals surface area (Å²) in [6.07, 6.45) is -0.328. The van der Waals surface area contributed by atoms with Gasteiger partial charge < -0.3 is 9.47 Å². The molecule has 0 unspecified atom stereocenters. The summed E-state index contributed by atoms with van der Waals surface area (Å²) in [5.74, 6) is 0.539. The summed E-state index contributed by atoms with van der Waals surface area (Å²) < 4.78 is 10.3. The molecule has 5 nitrogen and oxygen atoms in total. The molecule has 0 aromatic heterocycles. The van der Waals surface area contributed by atoms with E-state index in [1.807, 2.05) is 61.5 Å². The highest BCUT2D eigenvalue weighted by Crippen LogP contribution is 2.30. The number of imide groups is 1. The van der Waals surface area contributed by atoms with Crippen LogP contribution in [0, 0.1) is 0 Å². The Morgan fingerprint density at radius 3 is 2.52 bits per heavy atom. The molecule has 2 aromatic rings. The van der Waals surface area contributed by atoms with E-state index in [1.165, 1.54) is 4.90 Å². The second kappa shape index (κ2) is 7.38. The van der Waals surface area contributed by atoms with Gasteiger partial charge in [0, 0.05) is 6.42 Å². The molecule has 1 saturated heterocycles. The van der Waals surface area contributed by atoms with Crippen LogP contribution >= 0.6 is 0 Å². The second-order valence-electron chi connectivity index (χ2n) is 6.15. The Kier molecular flexibility index (Phi) is 5.03. The maximum absolute atomic E-state index is 12.7. The molecule has 1 fully saturated rings. The van der Waals surface area contributed by atoms with E-state index in [1.54, 1.807) is 7.11 Å². The van der Waals surface area contributed by atoms with Crippen molar-refractivity contribution in [3.05, 3.63) is 65.7 Å². The summed E-state index contributed by atoms with van der Waals surface area (Å²) in [6, 6.07) is 16.7. The van der Waals surface area contributed by atoms with Crippen molar-refractivity contribution in [3.8, 4) is 5.75 Å². The van der Waals surface area contributed by atoms with Gasteiger partial charge in [0.05, 0.1) is 7.11 Å². The Labute approximate surface area is 147 Å². The van der Waals surface area contributed by atoms with Crippen LogP contribution in [0.4, 0.5) is 4.79 Å². The first kappa shape index (κ1) is 17.0. The smallest absolute Gasteiger partial charge is 0.417 e. The fourth-order valence-electron chi connectivity index (χ4n) is 3.03. The first-order valence-electron chi connectivity index (χ1n) is 8.28. The molecule has 1 aliphatic rings. The average molecular weight is 339 g/mol. The Morgan fingerprint density at radius 2 is 1.88 bits per heavy atom. The molecule has 0 spiro atoms. The van der Waals surface area contributed by atoms with Crippen molar-refractivity contribution >= 4 is 12.0 Å². The van der Waals surface area contributed by atoms with Crippen LogP contribution in [0.15, 0.2) is 54.6 Å². The summed E-state index contributed by atoms with van der Waals surface area (Å²) in [5, 5.41) is 0. The molecule has 0 aliphatic carbocycles. The van der Waals surface area contributed by atoms with Crippen molar-refractivity contribution in [1.29, 1.82) is 0 Å². The number of methoxy groups -OCH3 is 1. The minimum atomic E-state index is -0.569. The van der Waals surface area contributed by atoms with E-state index >= 15 is 0 Å². The largest absolute Gasteiger partial charge is 0.497 e. The zero-order chi connectivity index (χ0) is 17.8. The number of amides is 2. The van der Waals surface area contributed by atoms with Gasteiger partial charge >= 0.3 is 6.09 Å². The summed E-state index contributed by atoms with van der Waals surface area (Å²) in [7, 11) is 1.62. The number of carbonyl (C=O) groups is 2. The molecule has 0 N–H and O–H groups in total. The van der Waals surface area contributed by atoms with E-state index < -0.39 is 6.09 Å². The SMILES string of the molecule is COc1ccc([C@@H](C)CC(=O)N2C(=O)OC[C@@H]2c2ccccc2)cc1. The Hall–Kier alpha value is -2.82. The third kappa shape index (κ3) is 3.65. The summed E-state index contributed by atoms with van der Waals surface area (Å²) in [6.45, 7) is 2.17. The van der Waals surface area contributed by atoms with E-state index in [4.69, 9.17) is 9.47 Å². The number of rotatable bonds is 5. The molecule has 2 amide bonds. The predicted molar refractivity (Wildman–Crippen MR) is 93.4 cm³/mol.